The third kappa shape index (κ3) is 1.83. The van der Waals surface area contributed by atoms with Gasteiger partial charge in [-0.15, -0.1) is 0 Å². The van der Waals surface area contributed by atoms with Crippen LogP contribution in [0.1, 0.15) is 56.6 Å². The molecule has 4 bridgehead atoms. The van der Waals surface area contributed by atoms with Crippen molar-refractivity contribution in [2.75, 3.05) is 27.8 Å². The number of nitrogens with zero attached hydrogens (tertiary/aromatic N) is 1. The number of hydrogen-bond donors (Lipinski definition) is 0. The van der Waals surface area contributed by atoms with Crippen LogP contribution in [0.4, 0.5) is 0 Å². The minimum Gasteiger partial charge on any atom is -0.493 e. The first kappa shape index (κ1) is 19.1. The molecule has 5 heteroatoms. The van der Waals surface area contributed by atoms with E-state index in [1.807, 2.05) is 0 Å². The molecule has 30 heavy (non-hydrogen) atoms. The van der Waals surface area contributed by atoms with Gasteiger partial charge >= 0.3 is 0 Å². The van der Waals surface area contributed by atoms with E-state index in [0.717, 1.165) is 56.6 Å². The molecular weight excluding hydrogens is 378 g/mol. The number of fused-ring (bicyclic) bond motifs is 2. The molecule has 4 fully saturated rings. The van der Waals surface area contributed by atoms with Crippen molar-refractivity contribution in [2.45, 2.75) is 75.0 Å². The van der Waals surface area contributed by atoms with Gasteiger partial charge in [0.05, 0.1) is 13.0 Å². The van der Waals surface area contributed by atoms with Crippen molar-refractivity contribution in [1.82, 2.24) is 4.90 Å². The fraction of sp³-hybridized carbons (Fsp3) is 0.720. The van der Waals surface area contributed by atoms with Crippen LogP contribution in [0.25, 0.3) is 0 Å². The number of benzene rings is 1. The summed E-state index contributed by atoms with van der Waals surface area (Å²) >= 11 is 0. The minimum absolute atomic E-state index is 0.0705. The third-order valence-electron chi connectivity index (χ3n) is 9.72. The minimum atomic E-state index is -0.535. The molecule has 5 nitrogen and oxygen atoms in total. The molecule has 1 saturated heterocycles. The highest BCUT2D eigenvalue weighted by atomic mass is 16.6. The predicted octanol–water partition coefficient (Wildman–Crippen LogP) is 3.51. The molecule has 7 rings (SSSR count). The number of likely N-dealkylation sites (tertiary alicyclic amines) is 1. The monoisotopic (exact) mass is 411 g/mol. The van der Waals surface area contributed by atoms with E-state index in [-0.39, 0.29) is 22.9 Å². The van der Waals surface area contributed by atoms with Crippen LogP contribution in [0.5, 0.6) is 11.5 Å². The Balaban J connectivity index is 1.63. The molecule has 2 aliphatic heterocycles. The lowest BCUT2D eigenvalue weighted by Gasteiger charge is -2.73. The summed E-state index contributed by atoms with van der Waals surface area (Å²) in [5.41, 5.74) is 2.26. The topological polar surface area (TPSA) is 48.0 Å². The van der Waals surface area contributed by atoms with E-state index in [1.165, 1.54) is 11.1 Å². The van der Waals surface area contributed by atoms with Gasteiger partial charge in [-0.25, -0.2) is 0 Å². The first-order valence-corrected chi connectivity index (χ1v) is 11.6. The number of Topliss-reactive ketones (excluding diaryl/α,β-unsaturated/α-hetero) is 1. The summed E-state index contributed by atoms with van der Waals surface area (Å²) in [6.45, 7) is 3.16. The largest absolute Gasteiger partial charge is 0.493 e. The zero-order valence-electron chi connectivity index (χ0n) is 18.6. The van der Waals surface area contributed by atoms with Crippen molar-refractivity contribution < 1.29 is 19.0 Å². The van der Waals surface area contributed by atoms with Crippen LogP contribution in [-0.2, 0) is 21.4 Å². The second kappa shape index (κ2) is 6.01. The van der Waals surface area contributed by atoms with Gasteiger partial charge in [0, 0.05) is 36.0 Å². The normalized spacial score (nSPS) is 42.6. The van der Waals surface area contributed by atoms with E-state index in [1.54, 1.807) is 14.2 Å². The molecule has 0 radical (unpaired) electrons. The average molecular weight is 412 g/mol. The van der Waals surface area contributed by atoms with E-state index in [4.69, 9.17) is 14.2 Å². The van der Waals surface area contributed by atoms with Crippen LogP contribution in [0, 0.1) is 11.3 Å². The first-order valence-electron chi connectivity index (χ1n) is 11.6. The van der Waals surface area contributed by atoms with Crippen LogP contribution >= 0.6 is 0 Å². The molecule has 0 N–H and O–H groups in total. The maximum absolute atomic E-state index is 13.4. The Morgan fingerprint density at radius 2 is 2.10 bits per heavy atom. The molecule has 162 valence electrons. The van der Waals surface area contributed by atoms with Gasteiger partial charge in [-0.05, 0) is 63.7 Å². The lowest BCUT2D eigenvalue weighted by molar-refractivity contribution is -0.270. The van der Waals surface area contributed by atoms with Gasteiger partial charge in [0.15, 0.2) is 11.5 Å². The highest BCUT2D eigenvalue weighted by Gasteiger charge is 2.81. The molecule has 1 aromatic carbocycles. The Labute approximate surface area is 179 Å². The van der Waals surface area contributed by atoms with Crippen molar-refractivity contribution in [3.63, 3.8) is 0 Å². The molecule has 2 heterocycles. The zero-order valence-corrected chi connectivity index (χ0v) is 18.6. The molecule has 0 amide bonds. The van der Waals surface area contributed by atoms with E-state index in [9.17, 15) is 4.79 Å². The van der Waals surface area contributed by atoms with Crippen LogP contribution in [-0.4, -0.2) is 56.2 Å². The third-order valence-corrected chi connectivity index (χ3v) is 9.72. The zero-order chi connectivity index (χ0) is 20.9. The summed E-state index contributed by atoms with van der Waals surface area (Å²) in [7, 11) is 5.81. The number of carbonyl (C=O) groups is 1. The van der Waals surface area contributed by atoms with E-state index < -0.39 is 5.60 Å². The van der Waals surface area contributed by atoms with Gasteiger partial charge in [-0.3, -0.25) is 4.79 Å². The number of hydrogen-bond acceptors (Lipinski definition) is 5. The van der Waals surface area contributed by atoms with Gasteiger partial charge in [0.2, 0.25) is 0 Å². The molecule has 4 aliphatic carbocycles. The van der Waals surface area contributed by atoms with Crippen molar-refractivity contribution in [3.05, 3.63) is 23.3 Å². The second-order valence-corrected chi connectivity index (χ2v) is 10.3. The van der Waals surface area contributed by atoms with Crippen LogP contribution in [0.3, 0.4) is 0 Å². The van der Waals surface area contributed by atoms with E-state index in [0.29, 0.717) is 18.2 Å². The SMILES string of the molecule is CCCC(=O)[C@H]1C[C@@]23CC[C@]1(OC)[C@@H]1Oc4c(OC)ccc5c4[C@@]12CCN(C)[C@@H]3C5. The lowest BCUT2D eigenvalue weighted by atomic mass is 9.34. The fourth-order valence-electron chi connectivity index (χ4n) is 8.62. The molecule has 3 saturated carbocycles. The Kier molecular flexibility index (Phi) is 3.83. The number of carbonyl (C=O) groups excluding carboxylic acids is 1. The highest BCUT2D eigenvalue weighted by molar-refractivity contribution is 5.83. The molecular formula is C25H33NO4. The quantitative estimate of drug-likeness (QED) is 0.742. The van der Waals surface area contributed by atoms with Crippen LogP contribution < -0.4 is 9.47 Å². The van der Waals surface area contributed by atoms with Crippen molar-refractivity contribution in [1.29, 1.82) is 0 Å². The lowest BCUT2D eigenvalue weighted by Crippen LogP contribution is -2.81. The second-order valence-electron chi connectivity index (χ2n) is 10.3. The fourth-order valence-corrected chi connectivity index (χ4v) is 8.62. The number of methoxy groups -OCH3 is 2. The van der Waals surface area contributed by atoms with Gasteiger partial charge in [-0.1, -0.05) is 13.0 Å². The molecule has 6 aliphatic rings. The number of ketones is 1. The van der Waals surface area contributed by atoms with Crippen LogP contribution in [0.2, 0.25) is 0 Å². The maximum atomic E-state index is 13.4. The van der Waals surface area contributed by atoms with E-state index in [2.05, 4.69) is 31.0 Å². The Morgan fingerprint density at radius 1 is 1.27 bits per heavy atom. The van der Waals surface area contributed by atoms with Gasteiger partial charge < -0.3 is 19.1 Å². The number of rotatable bonds is 5. The van der Waals surface area contributed by atoms with Crippen molar-refractivity contribution in [3.8, 4) is 11.5 Å². The van der Waals surface area contributed by atoms with Crippen molar-refractivity contribution in [2.24, 2.45) is 11.3 Å². The van der Waals surface area contributed by atoms with Crippen LogP contribution in [0.15, 0.2) is 12.1 Å². The molecule has 1 aromatic rings. The van der Waals surface area contributed by atoms with Crippen molar-refractivity contribution >= 4 is 5.78 Å². The summed E-state index contributed by atoms with van der Waals surface area (Å²) in [6, 6.07) is 4.78. The molecule has 0 unspecified atom stereocenters. The predicted molar refractivity (Wildman–Crippen MR) is 113 cm³/mol. The number of piperidine rings is 1. The van der Waals surface area contributed by atoms with Gasteiger partial charge in [-0.2, -0.15) is 0 Å². The Morgan fingerprint density at radius 3 is 2.83 bits per heavy atom. The molecule has 6 atom stereocenters. The Bertz CT molecular complexity index is 930. The summed E-state index contributed by atoms with van der Waals surface area (Å²) < 4.78 is 19.0. The summed E-state index contributed by atoms with van der Waals surface area (Å²) in [5, 5.41) is 0. The number of ether oxygens (including phenoxy) is 3. The van der Waals surface area contributed by atoms with Gasteiger partial charge in [0.1, 0.15) is 17.5 Å². The summed E-state index contributed by atoms with van der Waals surface area (Å²) in [4.78, 5) is 16.0. The molecule has 0 aromatic heterocycles. The molecule has 2 spiro atoms. The summed E-state index contributed by atoms with van der Waals surface area (Å²) in [6.07, 6.45) is 6.48. The smallest absolute Gasteiger partial charge is 0.165 e. The Hall–Kier alpha value is -1.59. The first-order chi connectivity index (χ1) is 14.5. The average Bonchev–Trinajstić information content (AvgIpc) is 3.13. The number of likely N-dealkylation sites (N-methyl/N-ethyl adjacent to an activating group) is 1. The standard InChI is InChI=1S/C25H33NO4/c1-5-6-17(27)16-14-23-9-10-25(16,29-4)22-24(23)11-12-26(2)19(23)13-15-7-8-18(28-3)21(30-22)20(15)24/h7-8,16,19,22H,5-6,9-14H2,1-4H3/t16-,19-,22-,23-,24+,25-/m1/s1. The van der Waals surface area contributed by atoms with E-state index >= 15 is 0 Å². The summed E-state index contributed by atoms with van der Waals surface area (Å²) in [5.74, 6) is 2.04. The highest BCUT2D eigenvalue weighted by Crippen LogP contribution is 2.76. The maximum Gasteiger partial charge on any atom is 0.165 e. The van der Waals surface area contributed by atoms with Gasteiger partial charge in [0.25, 0.3) is 0 Å².